The van der Waals surface area contributed by atoms with Gasteiger partial charge in [-0.25, -0.2) is 0 Å². The molecule has 5 nitrogen and oxygen atoms in total. The highest BCUT2D eigenvalue weighted by Crippen LogP contribution is 2.29. The van der Waals surface area contributed by atoms with E-state index in [9.17, 15) is 9.59 Å². The van der Waals surface area contributed by atoms with Crippen LogP contribution in [0.25, 0.3) is 0 Å². The largest absolute Gasteiger partial charge is 0.497 e. The van der Waals surface area contributed by atoms with Gasteiger partial charge in [-0.2, -0.15) is 0 Å². The Balaban J connectivity index is 2.02. The molecule has 3 rings (SSSR count). The fraction of sp³-hybridized carbons (Fsp3) is 0.143. The van der Waals surface area contributed by atoms with Crippen molar-refractivity contribution in [3.05, 3.63) is 88.1 Å². The van der Waals surface area contributed by atoms with Gasteiger partial charge in [0.05, 0.1) is 7.11 Å². The number of carbonyl (C=O) groups excluding carboxylic acids is 2. The highest BCUT2D eigenvalue weighted by Gasteiger charge is 2.31. The van der Waals surface area contributed by atoms with Crippen LogP contribution in [-0.2, 0) is 11.3 Å². The molecule has 3 aromatic rings. The molecule has 0 saturated heterocycles. The van der Waals surface area contributed by atoms with Gasteiger partial charge in [-0.1, -0.05) is 36.4 Å². The van der Waals surface area contributed by atoms with E-state index in [-0.39, 0.29) is 12.5 Å². The first-order valence-electron chi connectivity index (χ1n) is 8.42. The lowest BCUT2D eigenvalue weighted by Gasteiger charge is -2.29. The zero-order valence-corrected chi connectivity index (χ0v) is 15.7. The SMILES string of the molecule is COc1cccc(CN(C(=O)c2ccccc2)[C@@H](C(N)=O)c2cccs2)c1. The number of ether oxygens (including phenoxy) is 1. The maximum absolute atomic E-state index is 13.2. The van der Waals surface area contributed by atoms with E-state index in [0.717, 1.165) is 10.4 Å². The zero-order valence-electron chi connectivity index (χ0n) is 14.9. The summed E-state index contributed by atoms with van der Waals surface area (Å²) < 4.78 is 5.27. The molecule has 0 aliphatic heterocycles. The van der Waals surface area contributed by atoms with Crippen LogP contribution in [0.4, 0.5) is 0 Å². The lowest BCUT2D eigenvalue weighted by atomic mass is 10.1. The number of methoxy groups -OCH3 is 1. The molecule has 1 heterocycles. The van der Waals surface area contributed by atoms with Gasteiger partial charge in [-0.3, -0.25) is 9.59 Å². The summed E-state index contributed by atoms with van der Waals surface area (Å²) in [6.07, 6.45) is 0. The van der Waals surface area contributed by atoms with Crippen LogP contribution in [0.1, 0.15) is 26.8 Å². The Morgan fingerprint density at radius 2 is 1.85 bits per heavy atom. The average Bonchev–Trinajstić information content (AvgIpc) is 3.21. The highest BCUT2D eigenvalue weighted by molar-refractivity contribution is 7.10. The number of hydrogen-bond acceptors (Lipinski definition) is 4. The molecule has 6 heteroatoms. The second kappa shape index (κ2) is 8.51. The monoisotopic (exact) mass is 380 g/mol. The first-order valence-corrected chi connectivity index (χ1v) is 9.30. The Labute approximate surface area is 162 Å². The van der Waals surface area contributed by atoms with Crippen molar-refractivity contribution in [1.82, 2.24) is 4.90 Å². The number of hydrogen-bond donors (Lipinski definition) is 1. The number of rotatable bonds is 7. The predicted octanol–water partition coefficient (Wildman–Crippen LogP) is 3.63. The molecule has 2 amide bonds. The third kappa shape index (κ3) is 4.35. The van der Waals surface area contributed by atoms with E-state index in [0.29, 0.717) is 11.3 Å². The second-order valence-electron chi connectivity index (χ2n) is 5.97. The van der Waals surface area contributed by atoms with Gasteiger partial charge in [0.2, 0.25) is 5.91 Å². The third-order valence-corrected chi connectivity index (χ3v) is 5.09. The fourth-order valence-corrected chi connectivity index (χ4v) is 3.73. The minimum atomic E-state index is -0.844. The summed E-state index contributed by atoms with van der Waals surface area (Å²) in [7, 11) is 1.59. The van der Waals surface area contributed by atoms with Crippen LogP contribution >= 0.6 is 11.3 Å². The van der Waals surface area contributed by atoms with Crippen LogP contribution in [0.2, 0.25) is 0 Å². The summed E-state index contributed by atoms with van der Waals surface area (Å²) in [5.41, 5.74) is 7.06. The molecular weight excluding hydrogens is 360 g/mol. The van der Waals surface area contributed by atoms with Crippen molar-refractivity contribution in [1.29, 1.82) is 0 Å². The predicted molar refractivity (Wildman–Crippen MR) is 106 cm³/mol. The summed E-state index contributed by atoms with van der Waals surface area (Å²) >= 11 is 1.40. The summed E-state index contributed by atoms with van der Waals surface area (Å²) in [4.78, 5) is 27.8. The molecule has 0 fully saturated rings. The summed E-state index contributed by atoms with van der Waals surface area (Å²) in [5, 5.41) is 1.86. The van der Waals surface area contributed by atoms with Crippen molar-refractivity contribution in [3.63, 3.8) is 0 Å². The zero-order chi connectivity index (χ0) is 19.2. The lowest BCUT2D eigenvalue weighted by molar-refractivity contribution is -0.122. The molecule has 27 heavy (non-hydrogen) atoms. The topological polar surface area (TPSA) is 72.6 Å². The molecule has 0 aliphatic rings. The number of benzene rings is 2. The molecule has 1 atom stereocenters. The molecule has 0 radical (unpaired) electrons. The van der Waals surface area contributed by atoms with E-state index < -0.39 is 11.9 Å². The van der Waals surface area contributed by atoms with E-state index in [2.05, 4.69) is 0 Å². The molecule has 2 N–H and O–H groups in total. The molecule has 138 valence electrons. The second-order valence-corrected chi connectivity index (χ2v) is 6.95. The van der Waals surface area contributed by atoms with E-state index in [4.69, 9.17) is 10.5 Å². The Hall–Kier alpha value is -3.12. The summed E-state index contributed by atoms with van der Waals surface area (Å²) in [6.45, 7) is 0.233. The average molecular weight is 380 g/mol. The smallest absolute Gasteiger partial charge is 0.255 e. The third-order valence-electron chi connectivity index (χ3n) is 4.16. The van der Waals surface area contributed by atoms with Gasteiger partial charge in [0.15, 0.2) is 0 Å². The van der Waals surface area contributed by atoms with Gasteiger partial charge >= 0.3 is 0 Å². The summed E-state index contributed by atoms with van der Waals surface area (Å²) in [5.74, 6) is -0.133. The Bertz CT molecular complexity index is 910. The van der Waals surface area contributed by atoms with Crippen LogP contribution in [-0.4, -0.2) is 23.8 Å². The first-order chi connectivity index (χ1) is 13.1. The molecule has 0 unspecified atom stereocenters. The maximum atomic E-state index is 13.2. The summed E-state index contributed by atoms with van der Waals surface area (Å²) in [6, 6.07) is 19.1. The fourth-order valence-electron chi connectivity index (χ4n) is 2.89. The minimum Gasteiger partial charge on any atom is -0.497 e. The van der Waals surface area contributed by atoms with Crippen LogP contribution in [0.3, 0.4) is 0 Å². The highest BCUT2D eigenvalue weighted by atomic mass is 32.1. The molecule has 0 saturated carbocycles. The van der Waals surface area contributed by atoms with Gasteiger partial charge in [0, 0.05) is 17.0 Å². The normalized spacial score (nSPS) is 11.6. The number of thiophene rings is 1. The number of nitrogens with two attached hydrogens (primary N) is 1. The maximum Gasteiger partial charge on any atom is 0.255 e. The first kappa shape index (κ1) is 18.7. The molecule has 0 bridgehead atoms. The van der Waals surface area contributed by atoms with Crippen molar-refractivity contribution in [2.24, 2.45) is 5.73 Å². The van der Waals surface area contributed by atoms with Crippen molar-refractivity contribution in [2.75, 3.05) is 7.11 Å². The number of carbonyl (C=O) groups is 2. The van der Waals surface area contributed by atoms with Crippen LogP contribution in [0, 0.1) is 0 Å². The molecule has 1 aromatic heterocycles. The standard InChI is InChI=1S/C21H20N2O3S/c1-26-17-10-5-7-15(13-17)14-23(21(25)16-8-3-2-4-9-16)19(20(22)24)18-11-6-12-27-18/h2-13,19H,14H2,1H3,(H2,22,24)/t19-/m1/s1. The van der Waals surface area contributed by atoms with Crippen molar-refractivity contribution >= 4 is 23.2 Å². The van der Waals surface area contributed by atoms with E-state index in [1.54, 1.807) is 31.4 Å². The van der Waals surface area contributed by atoms with Gasteiger partial charge < -0.3 is 15.4 Å². The Morgan fingerprint density at radius 3 is 2.48 bits per heavy atom. The van der Waals surface area contributed by atoms with Gasteiger partial charge in [0.25, 0.3) is 5.91 Å². The Kier molecular flexibility index (Phi) is 5.88. The number of nitrogens with zero attached hydrogens (tertiary/aromatic N) is 1. The van der Waals surface area contributed by atoms with Gasteiger partial charge in [-0.15, -0.1) is 11.3 Å². The van der Waals surface area contributed by atoms with Crippen LogP contribution in [0.15, 0.2) is 72.1 Å². The number of primary amides is 1. The Morgan fingerprint density at radius 1 is 1.07 bits per heavy atom. The van der Waals surface area contributed by atoms with Crippen molar-refractivity contribution in [2.45, 2.75) is 12.6 Å². The van der Waals surface area contributed by atoms with Gasteiger partial charge in [0.1, 0.15) is 11.8 Å². The minimum absolute atomic E-state index is 0.233. The lowest BCUT2D eigenvalue weighted by Crippen LogP contribution is -2.41. The molecular formula is C21H20N2O3S. The van der Waals surface area contributed by atoms with E-state index in [1.807, 2.05) is 47.8 Å². The van der Waals surface area contributed by atoms with Crippen molar-refractivity contribution < 1.29 is 14.3 Å². The van der Waals surface area contributed by atoms with Crippen LogP contribution in [0.5, 0.6) is 5.75 Å². The van der Waals surface area contributed by atoms with Gasteiger partial charge in [-0.05, 0) is 41.3 Å². The quantitative estimate of drug-likeness (QED) is 0.680. The molecule has 0 aliphatic carbocycles. The molecule has 0 spiro atoms. The van der Waals surface area contributed by atoms with Crippen molar-refractivity contribution in [3.8, 4) is 5.75 Å². The van der Waals surface area contributed by atoms with Crippen LogP contribution < -0.4 is 10.5 Å². The number of amides is 2. The molecule has 2 aromatic carbocycles. The van der Waals surface area contributed by atoms with E-state index in [1.165, 1.54) is 16.2 Å². The van der Waals surface area contributed by atoms with E-state index >= 15 is 0 Å².